The van der Waals surface area contributed by atoms with Crippen molar-refractivity contribution >= 4 is 29.0 Å². The van der Waals surface area contributed by atoms with Crippen LogP contribution in [-0.2, 0) is 11.3 Å². The quantitative estimate of drug-likeness (QED) is 0.380. The highest BCUT2D eigenvalue weighted by Crippen LogP contribution is 2.31. The molecule has 8 nitrogen and oxygen atoms in total. The zero-order valence-electron chi connectivity index (χ0n) is 22.5. The third-order valence-electron chi connectivity index (χ3n) is 7.94. The topological polar surface area (TPSA) is 104 Å². The number of carbonyl (C=O) groups excluding carboxylic acids is 2. The normalized spacial score (nSPS) is 18.1. The SMILES string of the molecule is CN1CCC[C@@H]1C(=O)N1CCC(c2ccc(Nc3cc(NCc4cccc(F)c4F)c(C(N)=O)cn3)cc2)CC1. The van der Waals surface area contributed by atoms with Crippen molar-refractivity contribution in [3.63, 3.8) is 0 Å². The first kappa shape index (κ1) is 27.5. The van der Waals surface area contributed by atoms with Gasteiger partial charge in [0, 0.05) is 43.1 Å². The Morgan fingerprint density at radius 3 is 2.48 bits per heavy atom. The second-order valence-electron chi connectivity index (χ2n) is 10.5. The highest BCUT2D eigenvalue weighted by atomic mass is 19.2. The number of halogens is 2. The van der Waals surface area contributed by atoms with Gasteiger partial charge in [0.2, 0.25) is 5.91 Å². The Bertz CT molecular complexity index is 1380. The summed E-state index contributed by atoms with van der Waals surface area (Å²) >= 11 is 0. The van der Waals surface area contributed by atoms with Gasteiger partial charge in [-0.1, -0.05) is 24.3 Å². The summed E-state index contributed by atoms with van der Waals surface area (Å²) in [6.45, 7) is 2.51. The van der Waals surface area contributed by atoms with E-state index in [4.69, 9.17) is 5.73 Å². The van der Waals surface area contributed by atoms with Crippen LogP contribution in [0.25, 0.3) is 0 Å². The van der Waals surface area contributed by atoms with Gasteiger partial charge in [-0.2, -0.15) is 0 Å². The first-order valence-electron chi connectivity index (χ1n) is 13.6. The molecule has 1 atom stereocenters. The van der Waals surface area contributed by atoms with Crippen molar-refractivity contribution in [1.82, 2.24) is 14.8 Å². The fraction of sp³-hybridized carbons (Fsp3) is 0.367. The molecule has 0 unspecified atom stereocenters. The number of pyridine rings is 1. The van der Waals surface area contributed by atoms with Gasteiger partial charge in [0.25, 0.3) is 5.91 Å². The van der Waals surface area contributed by atoms with Crippen LogP contribution in [0.5, 0.6) is 0 Å². The summed E-state index contributed by atoms with van der Waals surface area (Å²) in [7, 11) is 2.03. The van der Waals surface area contributed by atoms with E-state index in [0.717, 1.165) is 57.1 Å². The predicted molar refractivity (Wildman–Crippen MR) is 150 cm³/mol. The third kappa shape index (κ3) is 6.07. The van der Waals surface area contributed by atoms with Crippen molar-refractivity contribution in [3.8, 4) is 0 Å². The van der Waals surface area contributed by atoms with Crippen LogP contribution in [0.3, 0.4) is 0 Å². The van der Waals surface area contributed by atoms with Gasteiger partial charge in [0.05, 0.1) is 17.3 Å². The van der Waals surface area contributed by atoms with Gasteiger partial charge in [-0.25, -0.2) is 13.8 Å². The zero-order valence-corrected chi connectivity index (χ0v) is 22.5. The van der Waals surface area contributed by atoms with E-state index in [0.29, 0.717) is 17.4 Å². The molecule has 210 valence electrons. The molecule has 3 heterocycles. The second-order valence-corrected chi connectivity index (χ2v) is 10.5. The lowest BCUT2D eigenvalue weighted by atomic mass is 9.89. The van der Waals surface area contributed by atoms with Gasteiger partial charge in [-0.05, 0) is 69.0 Å². The number of nitrogens with zero attached hydrogens (tertiary/aromatic N) is 3. The van der Waals surface area contributed by atoms with E-state index < -0.39 is 17.5 Å². The average molecular weight is 549 g/mol. The Hall–Kier alpha value is -4.05. The summed E-state index contributed by atoms with van der Waals surface area (Å²) in [4.78, 5) is 33.3. The smallest absolute Gasteiger partial charge is 0.252 e. The maximum Gasteiger partial charge on any atom is 0.252 e. The van der Waals surface area contributed by atoms with E-state index in [2.05, 4.69) is 32.7 Å². The molecule has 1 aromatic heterocycles. The van der Waals surface area contributed by atoms with Crippen LogP contribution >= 0.6 is 0 Å². The Morgan fingerprint density at radius 2 is 1.80 bits per heavy atom. The molecule has 5 rings (SSSR count). The van der Waals surface area contributed by atoms with Crippen molar-refractivity contribution in [1.29, 1.82) is 0 Å². The summed E-state index contributed by atoms with van der Waals surface area (Å²) < 4.78 is 27.7. The van der Waals surface area contributed by atoms with Gasteiger partial charge in [0.15, 0.2) is 11.6 Å². The van der Waals surface area contributed by atoms with Crippen LogP contribution < -0.4 is 16.4 Å². The van der Waals surface area contributed by atoms with E-state index in [1.807, 2.05) is 24.1 Å². The predicted octanol–water partition coefficient (Wildman–Crippen LogP) is 4.61. The summed E-state index contributed by atoms with van der Waals surface area (Å²) in [5, 5.41) is 6.19. The molecule has 2 aliphatic rings. The van der Waals surface area contributed by atoms with Gasteiger partial charge in [-0.3, -0.25) is 14.5 Å². The molecule has 2 amide bonds. The first-order valence-corrected chi connectivity index (χ1v) is 13.6. The highest BCUT2D eigenvalue weighted by molar-refractivity contribution is 5.98. The minimum atomic E-state index is -0.943. The molecular formula is C30H34F2N6O2. The molecule has 0 aliphatic carbocycles. The molecule has 2 aromatic carbocycles. The molecule has 2 aliphatic heterocycles. The standard InChI is InChI=1S/C30H34F2N6O2/c1-37-13-3-6-26(37)30(40)38-14-11-20(12-15-38)19-7-9-22(10-8-19)36-27-16-25(23(18-35-27)29(33)39)34-17-21-4-2-5-24(31)28(21)32/h2,4-5,7-10,16,18,20,26H,3,6,11-15,17H2,1H3,(H2,33,39)(H2,34,35,36)/t26-/m1/s1. The number of hydrogen-bond acceptors (Lipinski definition) is 6. The maximum atomic E-state index is 14.1. The van der Waals surface area contributed by atoms with E-state index in [1.54, 1.807) is 6.07 Å². The van der Waals surface area contributed by atoms with Crippen molar-refractivity contribution in [3.05, 3.63) is 83.1 Å². The van der Waals surface area contributed by atoms with Gasteiger partial charge < -0.3 is 21.3 Å². The average Bonchev–Trinajstić information content (AvgIpc) is 3.39. The van der Waals surface area contributed by atoms with E-state index in [1.165, 1.54) is 23.9 Å². The fourth-order valence-electron chi connectivity index (χ4n) is 5.59. The summed E-state index contributed by atoms with van der Waals surface area (Å²) in [6, 6.07) is 13.7. The van der Waals surface area contributed by atoms with Crippen LogP contribution in [0.1, 0.15) is 53.1 Å². The van der Waals surface area contributed by atoms with Crippen molar-refractivity contribution < 1.29 is 18.4 Å². The van der Waals surface area contributed by atoms with Gasteiger partial charge in [-0.15, -0.1) is 0 Å². The van der Waals surface area contributed by atoms with Crippen molar-refractivity contribution in [2.24, 2.45) is 5.73 Å². The molecule has 0 radical (unpaired) electrons. The van der Waals surface area contributed by atoms with Crippen LogP contribution in [0, 0.1) is 11.6 Å². The minimum Gasteiger partial charge on any atom is -0.380 e. The fourth-order valence-corrected chi connectivity index (χ4v) is 5.59. The molecular weight excluding hydrogens is 514 g/mol. The summed E-state index contributed by atoms with van der Waals surface area (Å²) in [5.74, 6) is -1.45. The van der Waals surface area contributed by atoms with E-state index >= 15 is 0 Å². The number of carbonyl (C=O) groups is 2. The number of rotatable bonds is 8. The number of anilines is 3. The molecule has 3 aromatic rings. The number of likely N-dealkylation sites (tertiary alicyclic amines) is 2. The minimum absolute atomic E-state index is 0.0331. The number of piperidine rings is 1. The summed E-state index contributed by atoms with van der Waals surface area (Å²) in [6.07, 6.45) is 5.26. The lowest BCUT2D eigenvalue weighted by molar-refractivity contribution is -0.136. The Labute approximate surface area is 232 Å². The lowest BCUT2D eigenvalue weighted by Gasteiger charge is -2.35. The number of benzene rings is 2. The number of likely N-dealkylation sites (N-methyl/N-ethyl adjacent to an activating group) is 1. The molecule has 4 N–H and O–H groups in total. The lowest BCUT2D eigenvalue weighted by Crippen LogP contribution is -2.47. The number of nitrogens with two attached hydrogens (primary N) is 1. The molecule has 2 saturated heterocycles. The molecule has 2 fully saturated rings. The Balaban J connectivity index is 1.20. The number of aromatic nitrogens is 1. The van der Waals surface area contributed by atoms with Crippen LogP contribution in [0.15, 0.2) is 54.7 Å². The van der Waals surface area contributed by atoms with Crippen LogP contribution in [0.4, 0.5) is 26.0 Å². The third-order valence-corrected chi connectivity index (χ3v) is 7.94. The van der Waals surface area contributed by atoms with E-state index in [9.17, 15) is 18.4 Å². The Kier molecular flexibility index (Phi) is 8.25. The number of amides is 2. The monoisotopic (exact) mass is 548 g/mol. The number of hydrogen-bond donors (Lipinski definition) is 3. The molecule has 10 heteroatoms. The highest BCUT2D eigenvalue weighted by Gasteiger charge is 2.33. The van der Waals surface area contributed by atoms with Gasteiger partial charge >= 0.3 is 0 Å². The maximum absolute atomic E-state index is 14.1. The molecule has 0 bridgehead atoms. The first-order chi connectivity index (χ1) is 19.3. The molecule has 40 heavy (non-hydrogen) atoms. The van der Waals surface area contributed by atoms with Crippen molar-refractivity contribution in [2.75, 3.05) is 37.3 Å². The molecule has 0 spiro atoms. The van der Waals surface area contributed by atoms with Crippen LogP contribution in [-0.4, -0.2) is 59.3 Å². The van der Waals surface area contributed by atoms with Crippen molar-refractivity contribution in [2.45, 2.75) is 44.2 Å². The number of primary amides is 1. The van der Waals surface area contributed by atoms with Crippen LogP contribution in [0.2, 0.25) is 0 Å². The van der Waals surface area contributed by atoms with E-state index in [-0.39, 0.29) is 29.6 Å². The van der Waals surface area contributed by atoms with Gasteiger partial charge in [0.1, 0.15) is 5.82 Å². The second kappa shape index (κ2) is 12.0. The Morgan fingerprint density at radius 1 is 1.05 bits per heavy atom. The molecule has 0 saturated carbocycles. The largest absolute Gasteiger partial charge is 0.380 e. The summed E-state index contributed by atoms with van der Waals surface area (Å²) in [5.41, 5.74) is 8.15. The number of nitrogens with one attached hydrogen (secondary N) is 2. The zero-order chi connectivity index (χ0) is 28.2.